The highest BCUT2D eigenvalue weighted by Crippen LogP contribution is 2.32. The number of nitrogens with zero attached hydrogens (tertiary/aromatic N) is 1. The van der Waals surface area contributed by atoms with Crippen molar-refractivity contribution in [3.63, 3.8) is 0 Å². The molecule has 6 nitrogen and oxygen atoms in total. The summed E-state index contributed by atoms with van der Waals surface area (Å²) in [6.45, 7) is 6.95. The zero-order valence-electron chi connectivity index (χ0n) is 18.4. The number of ether oxygens (including phenoxy) is 2. The minimum atomic E-state index is -4.52. The predicted octanol–water partition coefficient (Wildman–Crippen LogP) is 4.38. The molecule has 1 unspecified atom stereocenters. The molecule has 0 radical (unpaired) electrons. The normalized spacial score (nSPS) is 21.7. The quantitative estimate of drug-likeness (QED) is 0.583. The third-order valence-corrected chi connectivity index (χ3v) is 7.08. The Morgan fingerprint density at radius 3 is 2.03 bits per heavy atom. The predicted molar refractivity (Wildman–Crippen MR) is 109 cm³/mol. The van der Waals surface area contributed by atoms with E-state index in [1.807, 2.05) is 0 Å². The van der Waals surface area contributed by atoms with Crippen molar-refractivity contribution < 1.29 is 35.9 Å². The summed E-state index contributed by atoms with van der Waals surface area (Å²) >= 11 is 0. The van der Waals surface area contributed by atoms with Crippen molar-refractivity contribution in [3.8, 4) is 0 Å². The first-order valence-corrected chi connectivity index (χ1v) is 11.6. The van der Waals surface area contributed by atoms with Gasteiger partial charge in [0.2, 0.25) is 10.0 Å². The maximum Gasteiger partial charge on any atom is 0.416 e. The number of hydrogen-bond acceptors (Lipinski definition) is 5. The van der Waals surface area contributed by atoms with Crippen molar-refractivity contribution in [3.05, 3.63) is 29.8 Å². The minimum absolute atomic E-state index is 0.181. The summed E-state index contributed by atoms with van der Waals surface area (Å²) in [7, 11) is -2.49. The Hall–Kier alpha value is -1.65. The van der Waals surface area contributed by atoms with Crippen LogP contribution in [0.4, 0.5) is 13.2 Å². The molecule has 0 saturated heterocycles. The van der Waals surface area contributed by atoms with Crippen molar-refractivity contribution in [1.82, 2.24) is 4.31 Å². The lowest BCUT2D eigenvalue weighted by Crippen LogP contribution is -2.42. The first-order chi connectivity index (χ1) is 14.1. The van der Waals surface area contributed by atoms with Crippen LogP contribution < -0.4 is 0 Å². The van der Waals surface area contributed by atoms with Gasteiger partial charge in [0, 0.05) is 13.1 Å². The Balaban J connectivity index is 1.95. The first kappa shape index (κ1) is 25.6. The van der Waals surface area contributed by atoms with Crippen LogP contribution in [0, 0.1) is 0 Å². The van der Waals surface area contributed by atoms with E-state index >= 15 is 0 Å². The number of carbonyl (C=O) groups is 1. The smallest absolute Gasteiger partial charge is 0.416 e. The van der Waals surface area contributed by atoms with Crippen molar-refractivity contribution in [1.29, 1.82) is 0 Å². The van der Waals surface area contributed by atoms with Crippen molar-refractivity contribution in [2.45, 2.75) is 88.3 Å². The molecule has 1 saturated carbocycles. The molecule has 1 atom stereocenters. The highest BCUT2D eigenvalue weighted by Gasteiger charge is 2.35. The van der Waals surface area contributed by atoms with Crippen LogP contribution in [0.25, 0.3) is 0 Å². The molecule has 0 heterocycles. The van der Waals surface area contributed by atoms with Crippen LogP contribution >= 0.6 is 0 Å². The number of carbonyl (C=O) groups excluding carboxylic acids is 1. The fourth-order valence-corrected chi connectivity index (χ4v) is 4.87. The van der Waals surface area contributed by atoms with E-state index in [4.69, 9.17) is 9.47 Å². The van der Waals surface area contributed by atoms with E-state index in [1.165, 1.54) is 11.4 Å². The van der Waals surface area contributed by atoms with E-state index in [2.05, 4.69) is 0 Å². The average Bonchev–Trinajstić information content (AvgIpc) is 2.66. The Morgan fingerprint density at radius 1 is 1.06 bits per heavy atom. The molecule has 1 aromatic rings. The molecule has 1 fully saturated rings. The molecule has 1 aliphatic carbocycles. The van der Waals surface area contributed by atoms with Crippen LogP contribution in [-0.2, 0) is 30.5 Å². The van der Waals surface area contributed by atoms with E-state index in [1.54, 1.807) is 27.7 Å². The standard InChI is InChI=1S/C21H30F3NO5S/c1-14(19(26)30-20(2,3)4)29-17-10-8-16(9-11-17)25(5)31(27,28)18-12-6-15(7-13-18)21(22,23)24/h6-7,12-14,16-17H,8-11H2,1-5H3/t14?,16-,17-. The first-order valence-electron chi connectivity index (χ1n) is 10.1. The van der Waals surface area contributed by atoms with Gasteiger partial charge in [0.05, 0.1) is 16.6 Å². The Morgan fingerprint density at radius 2 is 1.58 bits per heavy atom. The van der Waals surface area contributed by atoms with Crippen LogP contribution in [-0.4, -0.2) is 49.6 Å². The summed E-state index contributed by atoms with van der Waals surface area (Å²) in [4.78, 5) is 11.9. The lowest BCUT2D eigenvalue weighted by Gasteiger charge is -2.35. The molecule has 31 heavy (non-hydrogen) atoms. The van der Waals surface area contributed by atoms with Gasteiger partial charge in [0.15, 0.2) is 6.10 Å². The second-order valence-electron chi connectivity index (χ2n) is 8.79. The number of halogens is 3. The Kier molecular flexibility index (Phi) is 7.81. The number of hydrogen-bond donors (Lipinski definition) is 0. The summed E-state index contributed by atoms with van der Waals surface area (Å²) in [5, 5.41) is 0. The Labute approximate surface area is 181 Å². The summed E-state index contributed by atoms with van der Waals surface area (Å²) in [5.74, 6) is -0.448. The van der Waals surface area contributed by atoms with Crippen LogP contribution in [0.1, 0.15) is 58.9 Å². The van der Waals surface area contributed by atoms with Gasteiger partial charge in [-0.2, -0.15) is 17.5 Å². The van der Waals surface area contributed by atoms with E-state index in [-0.39, 0.29) is 17.0 Å². The fraction of sp³-hybridized carbons (Fsp3) is 0.667. The molecule has 0 bridgehead atoms. The molecular weight excluding hydrogens is 435 g/mol. The highest BCUT2D eigenvalue weighted by atomic mass is 32.2. The number of sulfonamides is 1. The average molecular weight is 466 g/mol. The van der Waals surface area contributed by atoms with E-state index in [9.17, 15) is 26.4 Å². The van der Waals surface area contributed by atoms with E-state index < -0.39 is 39.4 Å². The largest absolute Gasteiger partial charge is 0.458 e. The van der Waals surface area contributed by atoms with Gasteiger partial charge >= 0.3 is 12.1 Å². The molecule has 0 aliphatic heterocycles. The number of esters is 1. The van der Waals surface area contributed by atoms with Crippen molar-refractivity contribution in [2.75, 3.05) is 7.05 Å². The van der Waals surface area contributed by atoms with Gasteiger partial charge in [0.25, 0.3) is 0 Å². The fourth-order valence-electron chi connectivity index (χ4n) is 3.45. The van der Waals surface area contributed by atoms with Crippen LogP contribution in [0.5, 0.6) is 0 Å². The molecule has 0 amide bonds. The molecule has 0 N–H and O–H groups in total. The third kappa shape index (κ3) is 6.92. The van der Waals surface area contributed by atoms with Gasteiger partial charge < -0.3 is 9.47 Å². The molecule has 1 aliphatic rings. The second kappa shape index (κ2) is 9.46. The molecule has 0 spiro atoms. The Bertz CT molecular complexity index is 854. The molecule has 1 aromatic carbocycles. The summed E-state index contributed by atoms with van der Waals surface area (Å²) < 4.78 is 76.1. The number of benzene rings is 1. The zero-order chi connectivity index (χ0) is 23.6. The molecule has 0 aromatic heterocycles. The maximum absolute atomic E-state index is 12.8. The van der Waals surface area contributed by atoms with Crippen LogP contribution in [0.15, 0.2) is 29.2 Å². The number of rotatable bonds is 6. The second-order valence-corrected chi connectivity index (χ2v) is 10.8. The summed E-state index contributed by atoms with van der Waals surface area (Å²) in [6.07, 6.45) is -3.29. The van der Waals surface area contributed by atoms with E-state index in [0.29, 0.717) is 25.7 Å². The van der Waals surface area contributed by atoms with Crippen molar-refractivity contribution in [2.24, 2.45) is 0 Å². The number of alkyl halides is 3. The van der Waals surface area contributed by atoms with Crippen LogP contribution in [0.3, 0.4) is 0 Å². The minimum Gasteiger partial charge on any atom is -0.458 e. The summed E-state index contributed by atoms with van der Waals surface area (Å²) in [6, 6.07) is 3.19. The zero-order valence-corrected chi connectivity index (χ0v) is 19.2. The third-order valence-electron chi connectivity index (χ3n) is 5.15. The van der Waals surface area contributed by atoms with Crippen LogP contribution in [0.2, 0.25) is 0 Å². The lowest BCUT2D eigenvalue weighted by atomic mass is 9.93. The van der Waals surface area contributed by atoms with Gasteiger partial charge in [-0.05, 0) is 77.6 Å². The van der Waals surface area contributed by atoms with Gasteiger partial charge in [0.1, 0.15) is 5.60 Å². The van der Waals surface area contributed by atoms with Gasteiger partial charge in [-0.25, -0.2) is 13.2 Å². The van der Waals surface area contributed by atoms with E-state index in [0.717, 1.165) is 24.3 Å². The van der Waals surface area contributed by atoms with Gasteiger partial charge in [-0.1, -0.05) is 0 Å². The SMILES string of the molecule is CC(O[C@H]1CC[C@H](N(C)S(=O)(=O)c2ccc(C(F)(F)F)cc2)CC1)C(=O)OC(C)(C)C. The molecular formula is C21H30F3NO5S. The lowest BCUT2D eigenvalue weighted by molar-refractivity contribution is -0.172. The molecule has 2 rings (SSSR count). The van der Waals surface area contributed by atoms with Gasteiger partial charge in [-0.15, -0.1) is 0 Å². The molecule has 10 heteroatoms. The van der Waals surface area contributed by atoms with Crippen molar-refractivity contribution >= 4 is 16.0 Å². The topological polar surface area (TPSA) is 72.9 Å². The highest BCUT2D eigenvalue weighted by molar-refractivity contribution is 7.89. The van der Waals surface area contributed by atoms with Gasteiger partial charge in [-0.3, -0.25) is 0 Å². The summed E-state index contributed by atoms with van der Waals surface area (Å²) in [5.41, 5.74) is -1.51. The monoisotopic (exact) mass is 465 g/mol. The molecule has 176 valence electrons. The maximum atomic E-state index is 12.8.